The summed E-state index contributed by atoms with van der Waals surface area (Å²) in [6.45, 7) is 1.47. The van der Waals surface area contributed by atoms with E-state index in [4.69, 9.17) is 4.74 Å². The standard InChI is InChI=1S/C16H13FO3/c1-11(15(18)12-7-3-2-4-8-12)20-16(19)13-9-5-6-10-14(13)17/h2-11H,1H3/t11-/m0/s1. The number of carbonyl (C=O) groups excluding carboxylic acids is 2. The van der Waals surface area contributed by atoms with Gasteiger partial charge in [-0.2, -0.15) is 0 Å². The number of hydrogen-bond acceptors (Lipinski definition) is 3. The van der Waals surface area contributed by atoms with Gasteiger partial charge in [0.25, 0.3) is 0 Å². The maximum absolute atomic E-state index is 13.4. The first-order chi connectivity index (χ1) is 9.59. The number of rotatable bonds is 4. The van der Waals surface area contributed by atoms with Crippen molar-refractivity contribution in [1.82, 2.24) is 0 Å². The third-order valence-corrected chi connectivity index (χ3v) is 2.81. The van der Waals surface area contributed by atoms with Crippen LogP contribution in [-0.4, -0.2) is 17.9 Å². The molecule has 2 aromatic rings. The Morgan fingerprint density at radius 3 is 2.25 bits per heavy atom. The van der Waals surface area contributed by atoms with Gasteiger partial charge in [-0.05, 0) is 19.1 Å². The molecule has 0 aromatic heterocycles. The van der Waals surface area contributed by atoms with Crippen molar-refractivity contribution in [2.45, 2.75) is 13.0 Å². The predicted molar refractivity (Wildman–Crippen MR) is 72.1 cm³/mol. The number of esters is 1. The second-order valence-corrected chi connectivity index (χ2v) is 4.26. The number of ketones is 1. The van der Waals surface area contributed by atoms with Gasteiger partial charge in [0.1, 0.15) is 5.82 Å². The van der Waals surface area contributed by atoms with Gasteiger partial charge < -0.3 is 4.74 Å². The molecule has 3 nitrogen and oxygen atoms in total. The zero-order chi connectivity index (χ0) is 14.5. The van der Waals surface area contributed by atoms with Crippen LogP contribution in [0.2, 0.25) is 0 Å². The van der Waals surface area contributed by atoms with Gasteiger partial charge in [-0.25, -0.2) is 9.18 Å². The molecule has 0 spiro atoms. The summed E-state index contributed by atoms with van der Waals surface area (Å²) in [6.07, 6.45) is -0.968. The highest BCUT2D eigenvalue weighted by molar-refractivity contribution is 6.01. The van der Waals surface area contributed by atoms with Gasteiger partial charge in [-0.15, -0.1) is 0 Å². The van der Waals surface area contributed by atoms with E-state index in [1.165, 1.54) is 31.2 Å². The van der Waals surface area contributed by atoms with Gasteiger partial charge in [0.05, 0.1) is 5.56 Å². The van der Waals surface area contributed by atoms with Crippen LogP contribution in [0.5, 0.6) is 0 Å². The van der Waals surface area contributed by atoms with Crippen LogP contribution in [0, 0.1) is 5.82 Å². The van der Waals surface area contributed by atoms with Gasteiger partial charge in [0.15, 0.2) is 6.10 Å². The lowest BCUT2D eigenvalue weighted by molar-refractivity contribution is 0.0314. The largest absolute Gasteiger partial charge is 0.451 e. The first-order valence-electron chi connectivity index (χ1n) is 6.14. The van der Waals surface area contributed by atoms with Crippen LogP contribution in [0.3, 0.4) is 0 Å². The molecule has 0 amide bonds. The molecule has 102 valence electrons. The molecule has 1 atom stereocenters. The second kappa shape index (κ2) is 6.10. The van der Waals surface area contributed by atoms with Gasteiger partial charge in [0.2, 0.25) is 5.78 Å². The van der Waals surface area contributed by atoms with Crippen LogP contribution in [0.1, 0.15) is 27.6 Å². The lowest BCUT2D eigenvalue weighted by Gasteiger charge is -2.12. The molecule has 0 aliphatic heterocycles. The number of Topliss-reactive ketones (excluding diaryl/α,β-unsaturated/α-hetero) is 1. The van der Waals surface area contributed by atoms with Crippen molar-refractivity contribution < 1.29 is 18.7 Å². The highest BCUT2D eigenvalue weighted by Crippen LogP contribution is 2.12. The van der Waals surface area contributed by atoms with Crippen molar-refractivity contribution in [3.05, 3.63) is 71.5 Å². The summed E-state index contributed by atoms with van der Waals surface area (Å²) in [5, 5.41) is 0. The number of hydrogen-bond donors (Lipinski definition) is 0. The van der Waals surface area contributed by atoms with Crippen molar-refractivity contribution in [3.8, 4) is 0 Å². The van der Waals surface area contributed by atoms with Gasteiger partial charge in [-0.3, -0.25) is 4.79 Å². The average Bonchev–Trinajstić information content (AvgIpc) is 2.47. The van der Waals surface area contributed by atoms with E-state index in [0.29, 0.717) is 5.56 Å². The summed E-state index contributed by atoms with van der Waals surface area (Å²) < 4.78 is 18.4. The van der Waals surface area contributed by atoms with Crippen molar-refractivity contribution in [2.24, 2.45) is 0 Å². The molecule has 0 heterocycles. The molecular weight excluding hydrogens is 259 g/mol. The SMILES string of the molecule is C[C@H](OC(=O)c1ccccc1F)C(=O)c1ccccc1. The van der Waals surface area contributed by atoms with Crippen LogP contribution in [0.25, 0.3) is 0 Å². The number of carbonyl (C=O) groups is 2. The highest BCUT2D eigenvalue weighted by Gasteiger charge is 2.21. The molecule has 20 heavy (non-hydrogen) atoms. The van der Waals surface area contributed by atoms with Crippen molar-refractivity contribution in [2.75, 3.05) is 0 Å². The summed E-state index contributed by atoms with van der Waals surface area (Å²) in [6, 6.07) is 14.0. The summed E-state index contributed by atoms with van der Waals surface area (Å²) in [7, 11) is 0. The third-order valence-electron chi connectivity index (χ3n) is 2.81. The Labute approximate surface area is 116 Å². The second-order valence-electron chi connectivity index (χ2n) is 4.26. The molecule has 0 fully saturated rings. The van der Waals surface area contributed by atoms with E-state index >= 15 is 0 Å². The van der Waals surface area contributed by atoms with E-state index < -0.39 is 17.9 Å². The zero-order valence-electron chi connectivity index (χ0n) is 10.9. The lowest BCUT2D eigenvalue weighted by Crippen LogP contribution is -2.24. The molecule has 0 unspecified atom stereocenters. The average molecular weight is 272 g/mol. The first-order valence-corrected chi connectivity index (χ1v) is 6.14. The fraction of sp³-hybridized carbons (Fsp3) is 0.125. The Morgan fingerprint density at radius 2 is 1.60 bits per heavy atom. The first kappa shape index (κ1) is 13.9. The van der Waals surface area contributed by atoms with Crippen molar-refractivity contribution >= 4 is 11.8 Å². The van der Waals surface area contributed by atoms with E-state index in [-0.39, 0.29) is 11.3 Å². The van der Waals surface area contributed by atoms with Crippen LogP contribution in [-0.2, 0) is 4.74 Å². The fourth-order valence-corrected chi connectivity index (χ4v) is 1.74. The molecule has 0 N–H and O–H groups in total. The fourth-order valence-electron chi connectivity index (χ4n) is 1.74. The van der Waals surface area contributed by atoms with Crippen LogP contribution >= 0.6 is 0 Å². The highest BCUT2D eigenvalue weighted by atomic mass is 19.1. The Kier molecular flexibility index (Phi) is 4.25. The topological polar surface area (TPSA) is 43.4 Å². The minimum Gasteiger partial charge on any atom is -0.451 e. The van der Waals surface area contributed by atoms with Crippen LogP contribution in [0.4, 0.5) is 4.39 Å². The summed E-state index contributed by atoms with van der Waals surface area (Å²) in [5.41, 5.74) is 0.265. The molecule has 2 rings (SSSR count). The molecule has 0 bridgehead atoms. The van der Waals surface area contributed by atoms with E-state index in [0.717, 1.165) is 0 Å². The van der Waals surface area contributed by atoms with Gasteiger partial charge in [0, 0.05) is 5.56 Å². The number of halogens is 1. The minimum atomic E-state index is -0.968. The Balaban J connectivity index is 2.09. The molecular formula is C16H13FO3. The molecule has 0 saturated carbocycles. The molecule has 0 aliphatic rings. The maximum Gasteiger partial charge on any atom is 0.341 e. The van der Waals surface area contributed by atoms with E-state index in [2.05, 4.69) is 0 Å². The minimum absolute atomic E-state index is 0.180. The van der Waals surface area contributed by atoms with Crippen LogP contribution in [0.15, 0.2) is 54.6 Å². The number of benzene rings is 2. The maximum atomic E-state index is 13.4. The van der Waals surface area contributed by atoms with Gasteiger partial charge >= 0.3 is 5.97 Å². The lowest BCUT2D eigenvalue weighted by atomic mass is 10.1. The molecule has 2 aromatic carbocycles. The Morgan fingerprint density at radius 1 is 1.00 bits per heavy atom. The van der Waals surface area contributed by atoms with Crippen LogP contribution < -0.4 is 0 Å². The van der Waals surface area contributed by atoms with E-state index in [9.17, 15) is 14.0 Å². The van der Waals surface area contributed by atoms with Gasteiger partial charge in [-0.1, -0.05) is 42.5 Å². The summed E-state index contributed by atoms with van der Waals surface area (Å²) >= 11 is 0. The molecule has 0 radical (unpaired) electrons. The molecule has 0 saturated heterocycles. The Hall–Kier alpha value is -2.49. The predicted octanol–water partition coefficient (Wildman–Crippen LogP) is 3.25. The van der Waals surface area contributed by atoms with Crippen molar-refractivity contribution in [1.29, 1.82) is 0 Å². The smallest absolute Gasteiger partial charge is 0.341 e. The van der Waals surface area contributed by atoms with E-state index in [1.807, 2.05) is 0 Å². The summed E-state index contributed by atoms with van der Waals surface area (Å²) in [5.74, 6) is -1.84. The molecule has 0 aliphatic carbocycles. The summed E-state index contributed by atoms with van der Waals surface area (Å²) in [4.78, 5) is 23.8. The Bertz CT molecular complexity index is 623. The van der Waals surface area contributed by atoms with Crippen molar-refractivity contribution in [3.63, 3.8) is 0 Å². The molecule has 4 heteroatoms. The van der Waals surface area contributed by atoms with E-state index in [1.54, 1.807) is 30.3 Å². The monoisotopic (exact) mass is 272 g/mol. The number of ether oxygens (including phenoxy) is 1. The zero-order valence-corrected chi connectivity index (χ0v) is 10.9. The normalized spacial score (nSPS) is 11.7. The third kappa shape index (κ3) is 3.09. The quantitative estimate of drug-likeness (QED) is 0.634.